The lowest BCUT2D eigenvalue weighted by molar-refractivity contribution is -0.136. The van der Waals surface area contributed by atoms with Crippen LogP contribution in [-0.4, -0.2) is 31.3 Å². The Morgan fingerprint density at radius 3 is 2.68 bits per heavy atom. The van der Waals surface area contributed by atoms with Crippen LogP contribution < -0.4 is 10.1 Å². The first kappa shape index (κ1) is 15.5. The minimum atomic E-state index is -0.765. The van der Waals surface area contributed by atoms with Gasteiger partial charge in [-0.25, -0.2) is 0 Å². The second-order valence-corrected chi connectivity index (χ2v) is 4.87. The predicted molar refractivity (Wildman–Crippen MR) is 75.9 cm³/mol. The average Bonchev–Trinajstić information content (AvgIpc) is 2.37. The molecule has 1 aromatic rings. The lowest BCUT2D eigenvalue weighted by Crippen LogP contribution is -2.20. The lowest BCUT2D eigenvalue weighted by Gasteiger charge is -2.13. The van der Waals surface area contributed by atoms with Gasteiger partial charge in [0.1, 0.15) is 5.75 Å². The summed E-state index contributed by atoms with van der Waals surface area (Å²) in [6.45, 7) is 5.60. The Labute approximate surface area is 114 Å². The maximum absolute atomic E-state index is 10.4. The molecule has 19 heavy (non-hydrogen) atoms. The molecule has 0 aliphatic carbocycles. The summed E-state index contributed by atoms with van der Waals surface area (Å²) in [5.41, 5.74) is 2.46. The van der Waals surface area contributed by atoms with E-state index >= 15 is 0 Å². The molecule has 0 aromatic heterocycles. The molecule has 4 nitrogen and oxygen atoms in total. The van der Waals surface area contributed by atoms with Crippen LogP contribution >= 0.6 is 0 Å². The van der Waals surface area contributed by atoms with Crippen molar-refractivity contribution in [1.29, 1.82) is 0 Å². The van der Waals surface area contributed by atoms with Crippen LogP contribution in [0.3, 0.4) is 0 Å². The van der Waals surface area contributed by atoms with E-state index in [0.29, 0.717) is 12.5 Å². The third-order valence-electron chi connectivity index (χ3n) is 3.02. The van der Waals surface area contributed by atoms with Crippen molar-refractivity contribution in [2.75, 3.05) is 20.2 Å². The summed E-state index contributed by atoms with van der Waals surface area (Å²) >= 11 is 0. The maximum Gasteiger partial charge on any atom is 0.304 e. The molecule has 0 aliphatic heterocycles. The summed E-state index contributed by atoms with van der Waals surface area (Å²) in [5, 5.41) is 11.7. The van der Waals surface area contributed by atoms with E-state index in [9.17, 15) is 4.79 Å². The lowest BCUT2D eigenvalue weighted by atomic mass is 9.98. The van der Waals surface area contributed by atoms with E-state index < -0.39 is 5.97 Å². The Morgan fingerprint density at radius 1 is 1.37 bits per heavy atom. The molecule has 0 amide bonds. The predicted octanol–water partition coefficient (Wildman–Crippen LogP) is 2.43. The SMILES string of the molecule is COc1ccc(CCNCCC(=O)O)cc1C(C)C. The van der Waals surface area contributed by atoms with Crippen molar-refractivity contribution in [3.05, 3.63) is 29.3 Å². The van der Waals surface area contributed by atoms with E-state index in [0.717, 1.165) is 18.7 Å². The first-order valence-electron chi connectivity index (χ1n) is 6.64. The highest BCUT2D eigenvalue weighted by molar-refractivity contribution is 5.66. The smallest absolute Gasteiger partial charge is 0.304 e. The number of carboxylic acids is 1. The first-order valence-corrected chi connectivity index (χ1v) is 6.64. The summed E-state index contributed by atoms with van der Waals surface area (Å²) in [6.07, 6.45) is 1.06. The summed E-state index contributed by atoms with van der Waals surface area (Å²) in [7, 11) is 1.69. The van der Waals surface area contributed by atoms with Crippen LogP contribution in [0, 0.1) is 0 Å². The highest BCUT2D eigenvalue weighted by Gasteiger charge is 2.08. The van der Waals surface area contributed by atoms with E-state index in [1.54, 1.807) is 7.11 Å². The fourth-order valence-electron chi connectivity index (χ4n) is 1.94. The van der Waals surface area contributed by atoms with Crippen molar-refractivity contribution < 1.29 is 14.6 Å². The zero-order valence-corrected chi connectivity index (χ0v) is 11.9. The van der Waals surface area contributed by atoms with Crippen molar-refractivity contribution in [1.82, 2.24) is 5.32 Å². The summed E-state index contributed by atoms with van der Waals surface area (Å²) in [6, 6.07) is 6.23. The van der Waals surface area contributed by atoms with Crippen LogP contribution in [-0.2, 0) is 11.2 Å². The molecule has 1 aromatic carbocycles. The van der Waals surface area contributed by atoms with Crippen LogP contribution in [0.2, 0.25) is 0 Å². The Bertz CT molecular complexity index is 416. The molecule has 0 saturated heterocycles. The molecule has 0 aliphatic rings. The van der Waals surface area contributed by atoms with Gasteiger partial charge in [0, 0.05) is 6.54 Å². The fraction of sp³-hybridized carbons (Fsp3) is 0.533. The van der Waals surface area contributed by atoms with Gasteiger partial charge >= 0.3 is 5.97 Å². The fourth-order valence-corrected chi connectivity index (χ4v) is 1.94. The molecule has 0 spiro atoms. The van der Waals surface area contributed by atoms with Crippen LogP contribution in [0.1, 0.15) is 37.3 Å². The van der Waals surface area contributed by atoms with E-state index in [2.05, 4.69) is 31.3 Å². The summed E-state index contributed by atoms with van der Waals surface area (Å²) < 4.78 is 5.35. The number of hydrogen-bond acceptors (Lipinski definition) is 3. The van der Waals surface area contributed by atoms with Crippen molar-refractivity contribution in [2.24, 2.45) is 0 Å². The summed E-state index contributed by atoms with van der Waals surface area (Å²) in [5.74, 6) is 0.589. The van der Waals surface area contributed by atoms with Gasteiger partial charge in [-0.05, 0) is 36.1 Å². The number of rotatable bonds is 8. The van der Waals surface area contributed by atoms with Gasteiger partial charge in [0.2, 0.25) is 0 Å². The van der Waals surface area contributed by atoms with E-state index in [-0.39, 0.29) is 6.42 Å². The molecule has 1 rings (SSSR count). The molecule has 0 atom stereocenters. The maximum atomic E-state index is 10.4. The van der Waals surface area contributed by atoms with Gasteiger partial charge in [0.05, 0.1) is 13.5 Å². The van der Waals surface area contributed by atoms with Crippen LogP contribution in [0.15, 0.2) is 18.2 Å². The Balaban J connectivity index is 2.50. The molecule has 0 heterocycles. The molecule has 0 unspecified atom stereocenters. The zero-order chi connectivity index (χ0) is 14.3. The molecule has 0 fully saturated rings. The van der Waals surface area contributed by atoms with Gasteiger partial charge in [-0.1, -0.05) is 26.0 Å². The van der Waals surface area contributed by atoms with Crippen molar-refractivity contribution in [3.8, 4) is 5.75 Å². The average molecular weight is 265 g/mol. The minimum absolute atomic E-state index is 0.167. The number of benzene rings is 1. The molecule has 2 N–H and O–H groups in total. The largest absolute Gasteiger partial charge is 0.496 e. The number of aliphatic carboxylic acids is 1. The van der Waals surface area contributed by atoms with Crippen molar-refractivity contribution in [2.45, 2.75) is 32.6 Å². The van der Waals surface area contributed by atoms with Crippen LogP contribution in [0.25, 0.3) is 0 Å². The standard InChI is InChI=1S/C15H23NO3/c1-11(2)13-10-12(4-5-14(13)19-3)6-8-16-9-7-15(17)18/h4-5,10-11,16H,6-9H2,1-3H3,(H,17,18). The number of hydrogen-bond donors (Lipinski definition) is 2. The topological polar surface area (TPSA) is 58.6 Å². The third kappa shape index (κ3) is 5.30. The van der Waals surface area contributed by atoms with Gasteiger partial charge in [-0.3, -0.25) is 4.79 Å². The van der Waals surface area contributed by atoms with E-state index in [1.807, 2.05) is 6.07 Å². The molecular formula is C15H23NO3. The zero-order valence-electron chi connectivity index (χ0n) is 11.9. The Hall–Kier alpha value is -1.55. The monoisotopic (exact) mass is 265 g/mol. The number of carbonyl (C=O) groups is 1. The third-order valence-corrected chi connectivity index (χ3v) is 3.02. The molecule has 0 bridgehead atoms. The van der Waals surface area contributed by atoms with Crippen LogP contribution in [0.4, 0.5) is 0 Å². The quantitative estimate of drug-likeness (QED) is 0.709. The number of ether oxygens (including phenoxy) is 1. The molecular weight excluding hydrogens is 242 g/mol. The highest BCUT2D eigenvalue weighted by atomic mass is 16.5. The van der Waals surface area contributed by atoms with E-state index in [4.69, 9.17) is 9.84 Å². The van der Waals surface area contributed by atoms with Gasteiger partial charge in [-0.2, -0.15) is 0 Å². The van der Waals surface area contributed by atoms with Crippen molar-refractivity contribution in [3.63, 3.8) is 0 Å². The van der Waals surface area contributed by atoms with Crippen LogP contribution in [0.5, 0.6) is 5.75 Å². The molecule has 0 radical (unpaired) electrons. The van der Waals surface area contributed by atoms with Gasteiger partial charge < -0.3 is 15.2 Å². The molecule has 0 saturated carbocycles. The number of carboxylic acid groups (broad SMARTS) is 1. The second kappa shape index (κ2) is 7.79. The van der Waals surface area contributed by atoms with Crippen molar-refractivity contribution >= 4 is 5.97 Å². The minimum Gasteiger partial charge on any atom is -0.496 e. The normalized spacial score (nSPS) is 10.7. The van der Waals surface area contributed by atoms with Gasteiger partial charge in [0.25, 0.3) is 0 Å². The Kier molecular flexibility index (Phi) is 6.36. The highest BCUT2D eigenvalue weighted by Crippen LogP contribution is 2.27. The molecule has 4 heteroatoms. The van der Waals surface area contributed by atoms with Gasteiger partial charge in [-0.15, -0.1) is 0 Å². The second-order valence-electron chi connectivity index (χ2n) is 4.87. The van der Waals surface area contributed by atoms with E-state index in [1.165, 1.54) is 11.1 Å². The summed E-state index contributed by atoms with van der Waals surface area (Å²) in [4.78, 5) is 10.4. The Morgan fingerprint density at radius 2 is 2.11 bits per heavy atom. The number of methoxy groups -OCH3 is 1. The molecule has 106 valence electrons. The van der Waals surface area contributed by atoms with Gasteiger partial charge in [0.15, 0.2) is 0 Å². The number of nitrogens with one attached hydrogen (secondary N) is 1. The first-order chi connectivity index (χ1) is 9.04.